The van der Waals surface area contributed by atoms with Crippen LogP contribution in [0.15, 0.2) is 54.0 Å². The second-order valence-corrected chi connectivity index (χ2v) is 6.90. The average molecular weight is 366 g/mol. The van der Waals surface area contributed by atoms with Crippen LogP contribution < -0.4 is 5.32 Å². The second-order valence-electron chi connectivity index (χ2n) is 5.61. The minimum Gasteiger partial charge on any atom is -0.360 e. The van der Waals surface area contributed by atoms with Crippen LogP contribution in [0.5, 0.6) is 0 Å². The Hall–Kier alpha value is -2.61. The van der Waals surface area contributed by atoms with E-state index in [0.717, 1.165) is 22.5 Å². The second kappa shape index (κ2) is 7.52. The zero-order chi connectivity index (χ0) is 17.8. The van der Waals surface area contributed by atoms with Crippen LogP contribution in [0.4, 0.5) is 5.69 Å². The molecule has 1 heterocycles. The molecule has 0 unspecified atom stereocenters. The van der Waals surface area contributed by atoms with Crippen LogP contribution in [0.25, 0.3) is 16.8 Å². The molecule has 0 aliphatic rings. The first kappa shape index (κ1) is 17.2. The summed E-state index contributed by atoms with van der Waals surface area (Å²) in [6.07, 6.45) is 1.71. The predicted octanol–water partition coefficient (Wildman–Crippen LogP) is 6.06. The van der Waals surface area contributed by atoms with Gasteiger partial charge in [-0.3, -0.25) is 0 Å². The average Bonchev–Trinajstić information content (AvgIpc) is 3.09. The van der Waals surface area contributed by atoms with Crippen molar-refractivity contribution in [2.75, 3.05) is 5.32 Å². The SMILES string of the molecule is Cc1cccc(N/C=C(\C#N)c2nc(-c3ccc(Cl)cc3)cs2)c1C. The summed E-state index contributed by atoms with van der Waals surface area (Å²) in [5, 5.41) is 16.0. The van der Waals surface area contributed by atoms with Crippen molar-refractivity contribution in [3.05, 3.63) is 75.2 Å². The zero-order valence-corrected chi connectivity index (χ0v) is 15.4. The first-order valence-electron chi connectivity index (χ1n) is 7.73. The zero-order valence-electron chi connectivity index (χ0n) is 13.9. The molecule has 0 radical (unpaired) electrons. The Bertz CT molecular complexity index is 965. The van der Waals surface area contributed by atoms with Crippen LogP contribution in [-0.4, -0.2) is 4.98 Å². The molecule has 3 aromatic rings. The third-order valence-electron chi connectivity index (χ3n) is 3.97. The minimum absolute atomic E-state index is 0.506. The van der Waals surface area contributed by atoms with Crippen LogP contribution >= 0.6 is 22.9 Å². The molecule has 0 aliphatic carbocycles. The molecule has 0 aliphatic heterocycles. The lowest BCUT2D eigenvalue weighted by Gasteiger charge is -2.08. The Balaban J connectivity index is 1.85. The lowest BCUT2D eigenvalue weighted by atomic mass is 10.1. The fourth-order valence-corrected chi connectivity index (χ4v) is 3.27. The highest BCUT2D eigenvalue weighted by Gasteiger charge is 2.09. The summed E-state index contributed by atoms with van der Waals surface area (Å²) in [6.45, 7) is 4.12. The first-order chi connectivity index (χ1) is 12.1. The van der Waals surface area contributed by atoms with Crippen LogP contribution in [-0.2, 0) is 0 Å². The number of hydrogen-bond donors (Lipinski definition) is 1. The van der Waals surface area contributed by atoms with Gasteiger partial charge in [-0.15, -0.1) is 11.3 Å². The quantitative estimate of drug-likeness (QED) is 0.572. The third-order valence-corrected chi connectivity index (χ3v) is 5.10. The normalized spacial score (nSPS) is 11.2. The Kier molecular flexibility index (Phi) is 5.18. The lowest BCUT2D eigenvalue weighted by Crippen LogP contribution is -1.95. The molecule has 0 atom stereocenters. The number of halogens is 1. The van der Waals surface area contributed by atoms with Crippen LogP contribution in [0.3, 0.4) is 0 Å². The summed E-state index contributed by atoms with van der Waals surface area (Å²) in [7, 11) is 0. The number of hydrogen-bond acceptors (Lipinski definition) is 4. The van der Waals surface area contributed by atoms with Crippen molar-refractivity contribution in [3.63, 3.8) is 0 Å². The van der Waals surface area contributed by atoms with Crippen molar-refractivity contribution < 1.29 is 0 Å². The molecular weight excluding hydrogens is 350 g/mol. The van der Waals surface area contributed by atoms with E-state index in [-0.39, 0.29) is 0 Å². The number of nitrogens with one attached hydrogen (secondary N) is 1. The Labute approximate surface area is 156 Å². The molecule has 0 bridgehead atoms. The van der Waals surface area contributed by atoms with E-state index in [1.165, 1.54) is 16.9 Å². The highest BCUT2D eigenvalue weighted by atomic mass is 35.5. The fourth-order valence-electron chi connectivity index (χ4n) is 2.35. The van der Waals surface area contributed by atoms with Crippen molar-refractivity contribution in [3.8, 4) is 17.3 Å². The summed E-state index contributed by atoms with van der Waals surface area (Å²) in [5.41, 5.74) is 5.68. The maximum atomic E-state index is 9.49. The van der Waals surface area contributed by atoms with Gasteiger partial charge in [0.2, 0.25) is 0 Å². The van der Waals surface area contributed by atoms with Crippen molar-refractivity contribution in [1.82, 2.24) is 4.98 Å². The lowest BCUT2D eigenvalue weighted by molar-refractivity contribution is 1.33. The molecule has 5 heteroatoms. The van der Waals surface area contributed by atoms with Gasteiger partial charge in [-0.1, -0.05) is 35.9 Å². The fraction of sp³-hybridized carbons (Fsp3) is 0.100. The molecule has 124 valence electrons. The van der Waals surface area contributed by atoms with Crippen molar-refractivity contribution in [2.45, 2.75) is 13.8 Å². The van der Waals surface area contributed by atoms with E-state index >= 15 is 0 Å². The Morgan fingerprint density at radius 1 is 1.20 bits per heavy atom. The number of rotatable bonds is 4. The maximum absolute atomic E-state index is 9.49. The number of allylic oxidation sites excluding steroid dienone is 1. The van der Waals surface area contributed by atoms with Gasteiger partial charge in [0, 0.05) is 27.9 Å². The van der Waals surface area contributed by atoms with E-state index in [1.807, 2.05) is 41.8 Å². The molecule has 25 heavy (non-hydrogen) atoms. The summed E-state index contributed by atoms with van der Waals surface area (Å²) < 4.78 is 0. The van der Waals surface area contributed by atoms with E-state index < -0.39 is 0 Å². The van der Waals surface area contributed by atoms with E-state index in [9.17, 15) is 5.26 Å². The Morgan fingerprint density at radius 2 is 1.96 bits per heavy atom. The van der Waals surface area contributed by atoms with E-state index in [4.69, 9.17) is 11.6 Å². The van der Waals surface area contributed by atoms with Gasteiger partial charge in [0.15, 0.2) is 0 Å². The maximum Gasteiger partial charge on any atom is 0.136 e. The summed E-state index contributed by atoms with van der Waals surface area (Å²) in [4.78, 5) is 4.58. The number of nitrogens with zero attached hydrogens (tertiary/aromatic N) is 2. The molecule has 0 saturated heterocycles. The minimum atomic E-state index is 0.506. The van der Waals surface area contributed by atoms with Gasteiger partial charge >= 0.3 is 0 Å². The molecule has 0 saturated carbocycles. The van der Waals surface area contributed by atoms with Gasteiger partial charge in [-0.05, 0) is 43.2 Å². The smallest absolute Gasteiger partial charge is 0.136 e. The Morgan fingerprint density at radius 3 is 2.68 bits per heavy atom. The molecule has 3 rings (SSSR count). The number of nitriles is 1. The van der Waals surface area contributed by atoms with E-state index in [2.05, 4.69) is 36.3 Å². The molecular formula is C20H16ClN3S. The standard InChI is InChI=1S/C20H16ClN3S/c1-13-4-3-5-18(14(13)2)23-11-16(10-22)20-24-19(12-25-20)15-6-8-17(21)9-7-15/h3-9,11-12,23H,1-2H3/b16-11+. The van der Waals surface area contributed by atoms with E-state index in [0.29, 0.717) is 15.6 Å². The molecule has 0 amide bonds. The van der Waals surface area contributed by atoms with Crippen molar-refractivity contribution in [1.29, 1.82) is 5.26 Å². The first-order valence-corrected chi connectivity index (χ1v) is 8.99. The van der Waals surface area contributed by atoms with Crippen molar-refractivity contribution in [2.24, 2.45) is 0 Å². The molecule has 1 N–H and O–H groups in total. The van der Waals surface area contributed by atoms with Crippen LogP contribution in [0, 0.1) is 25.2 Å². The van der Waals surface area contributed by atoms with Gasteiger partial charge in [-0.25, -0.2) is 4.98 Å². The summed E-state index contributed by atoms with van der Waals surface area (Å²) in [6, 6.07) is 15.8. The molecule has 2 aromatic carbocycles. The molecule has 3 nitrogen and oxygen atoms in total. The van der Waals surface area contributed by atoms with Crippen LogP contribution in [0.2, 0.25) is 5.02 Å². The van der Waals surface area contributed by atoms with Gasteiger partial charge in [-0.2, -0.15) is 5.26 Å². The number of aromatic nitrogens is 1. The van der Waals surface area contributed by atoms with Gasteiger partial charge in [0.05, 0.1) is 5.69 Å². The monoisotopic (exact) mass is 365 g/mol. The van der Waals surface area contributed by atoms with Gasteiger partial charge in [0.1, 0.15) is 16.6 Å². The van der Waals surface area contributed by atoms with Crippen molar-refractivity contribution >= 4 is 34.2 Å². The van der Waals surface area contributed by atoms with Gasteiger partial charge in [0.25, 0.3) is 0 Å². The largest absolute Gasteiger partial charge is 0.360 e. The molecule has 0 fully saturated rings. The number of thiazole rings is 1. The summed E-state index contributed by atoms with van der Waals surface area (Å²) in [5.74, 6) is 0. The van der Waals surface area contributed by atoms with Crippen LogP contribution in [0.1, 0.15) is 16.1 Å². The number of benzene rings is 2. The topological polar surface area (TPSA) is 48.7 Å². The molecule has 1 aromatic heterocycles. The number of aryl methyl sites for hydroxylation is 1. The summed E-state index contributed by atoms with van der Waals surface area (Å²) >= 11 is 7.37. The third kappa shape index (κ3) is 3.90. The predicted molar refractivity (Wildman–Crippen MR) is 106 cm³/mol. The van der Waals surface area contributed by atoms with E-state index in [1.54, 1.807) is 6.20 Å². The molecule has 0 spiro atoms. The highest BCUT2D eigenvalue weighted by Crippen LogP contribution is 2.27. The highest BCUT2D eigenvalue weighted by molar-refractivity contribution is 7.11. The van der Waals surface area contributed by atoms with Gasteiger partial charge < -0.3 is 5.32 Å². The number of anilines is 1.